The molecule has 0 aliphatic heterocycles. The first kappa shape index (κ1) is 14.4. The number of aryl methyl sites for hydroxylation is 1. The molecule has 0 unspecified atom stereocenters. The number of hydrogen-bond donors (Lipinski definition) is 1. The van der Waals surface area contributed by atoms with Crippen molar-refractivity contribution in [1.29, 1.82) is 0 Å². The number of rotatable bonds is 4. The average Bonchev–Trinajstić information content (AvgIpc) is 2.46. The second-order valence-electron chi connectivity index (χ2n) is 4.37. The zero-order valence-corrected chi connectivity index (χ0v) is 10.8. The van der Waals surface area contributed by atoms with Crippen LogP contribution in [0.4, 0.5) is 23.2 Å². The van der Waals surface area contributed by atoms with Crippen LogP contribution < -0.4 is 5.32 Å². The van der Waals surface area contributed by atoms with E-state index < -0.39 is 29.0 Å². The van der Waals surface area contributed by atoms with Gasteiger partial charge in [0.1, 0.15) is 5.69 Å². The Morgan fingerprint density at radius 3 is 1.85 bits per heavy atom. The number of anilines is 1. The molecule has 2 aromatic carbocycles. The molecule has 106 valence electrons. The van der Waals surface area contributed by atoms with Gasteiger partial charge in [-0.2, -0.15) is 0 Å². The third kappa shape index (κ3) is 2.92. The highest BCUT2D eigenvalue weighted by molar-refractivity contribution is 5.47. The lowest BCUT2D eigenvalue weighted by Crippen LogP contribution is -2.07. The van der Waals surface area contributed by atoms with Crippen molar-refractivity contribution in [2.45, 2.75) is 19.9 Å². The molecule has 1 N–H and O–H groups in total. The van der Waals surface area contributed by atoms with Gasteiger partial charge in [-0.25, -0.2) is 17.6 Å². The number of nitrogens with one attached hydrogen (secondary N) is 1. The molecular formula is C15H13F4N. The standard InChI is InChI=1S/C15H13F4N/c1-2-9-3-5-10(6-4-9)8-20-15-13(18)11(16)7-12(17)14(15)19/h3-7,20H,2,8H2,1H3. The van der Waals surface area contributed by atoms with Gasteiger partial charge in [0.2, 0.25) is 0 Å². The zero-order valence-electron chi connectivity index (χ0n) is 10.8. The predicted octanol–water partition coefficient (Wildman–Crippen LogP) is 4.42. The molecule has 0 fully saturated rings. The van der Waals surface area contributed by atoms with Crippen molar-refractivity contribution in [2.24, 2.45) is 0 Å². The third-order valence-corrected chi connectivity index (χ3v) is 3.01. The van der Waals surface area contributed by atoms with Gasteiger partial charge in [-0.1, -0.05) is 31.2 Å². The Bertz CT molecular complexity index is 582. The molecule has 1 nitrogen and oxygen atoms in total. The summed E-state index contributed by atoms with van der Waals surface area (Å²) in [5.74, 6) is -5.69. The van der Waals surface area contributed by atoms with Crippen LogP contribution in [0.2, 0.25) is 0 Å². The topological polar surface area (TPSA) is 12.0 Å². The molecule has 0 bridgehead atoms. The maximum Gasteiger partial charge on any atom is 0.185 e. The molecule has 20 heavy (non-hydrogen) atoms. The van der Waals surface area contributed by atoms with Crippen molar-refractivity contribution in [2.75, 3.05) is 5.32 Å². The highest BCUT2D eigenvalue weighted by Crippen LogP contribution is 2.24. The summed E-state index contributed by atoms with van der Waals surface area (Å²) >= 11 is 0. The molecule has 0 amide bonds. The maximum atomic E-state index is 13.4. The Balaban J connectivity index is 2.18. The van der Waals surface area contributed by atoms with Crippen LogP contribution in [-0.4, -0.2) is 0 Å². The van der Waals surface area contributed by atoms with Gasteiger partial charge in [-0.05, 0) is 17.5 Å². The highest BCUT2D eigenvalue weighted by atomic mass is 19.2. The van der Waals surface area contributed by atoms with Gasteiger partial charge in [0, 0.05) is 12.6 Å². The molecule has 2 aromatic rings. The number of benzene rings is 2. The average molecular weight is 283 g/mol. The fourth-order valence-electron chi connectivity index (χ4n) is 1.81. The van der Waals surface area contributed by atoms with Crippen LogP contribution in [0.3, 0.4) is 0 Å². The second kappa shape index (κ2) is 5.94. The van der Waals surface area contributed by atoms with E-state index in [1.807, 2.05) is 19.1 Å². The minimum Gasteiger partial charge on any atom is -0.376 e. The molecular weight excluding hydrogens is 270 g/mol. The van der Waals surface area contributed by atoms with Gasteiger partial charge in [-0.3, -0.25) is 0 Å². The summed E-state index contributed by atoms with van der Waals surface area (Å²) in [6.07, 6.45) is 0.881. The molecule has 0 aromatic heterocycles. The van der Waals surface area contributed by atoms with E-state index >= 15 is 0 Å². The first-order valence-corrected chi connectivity index (χ1v) is 6.17. The molecule has 0 heterocycles. The van der Waals surface area contributed by atoms with Crippen LogP contribution >= 0.6 is 0 Å². The van der Waals surface area contributed by atoms with Gasteiger partial charge in [0.15, 0.2) is 23.3 Å². The summed E-state index contributed by atoms with van der Waals surface area (Å²) < 4.78 is 52.9. The lowest BCUT2D eigenvalue weighted by Gasteiger charge is -2.10. The van der Waals surface area contributed by atoms with Gasteiger partial charge in [0.05, 0.1) is 0 Å². The normalized spacial score (nSPS) is 10.7. The smallest absolute Gasteiger partial charge is 0.185 e. The van der Waals surface area contributed by atoms with Crippen LogP contribution in [0.5, 0.6) is 0 Å². The fraction of sp³-hybridized carbons (Fsp3) is 0.200. The Hall–Kier alpha value is -2.04. The summed E-state index contributed by atoms with van der Waals surface area (Å²) in [5, 5.41) is 2.39. The Morgan fingerprint density at radius 2 is 1.35 bits per heavy atom. The summed E-state index contributed by atoms with van der Waals surface area (Å²) in [5.41, 5.74) is 1.09. The molecule has 0 saturated carbocycles. The lowest BCUT2D eigenvalue weighted by atomic mass is 10.1. The van der Waals surface area contributed by atoms with Crippen molar-refractivity contribution in [3.05, 3.63) is 64.7 Å². The second-order valence-corrected chi connectivity index (χ2v) is 4.37. The van der Waals surface area contributed by atoms with Crippen molar-refractivity contribution in [3.63, 3.8) is 0 Å². The van der Waals surface area contributed by atoms with Crippen LogP contribution in [-0.2, 0) is 13.0 Å². The molecule has 0 atom stereocenters. The van der Waals surface area contributed by atoms with Crippen LogP contribution in [0.15, 0.2) is 30.3 Å². The highest BCUT2D eigenvalue weighted by Gasteiger charge is 2.18. The summed E-state index contributed by atoms with van der Waals surface area (Å²) in [6.45, 7) is 2.08. The molecule has 0 spiro atoms. The number of halogens is 4. The zero-order chi connectivity index (χ0) is 14.7. The Kier molecular flexibility index (Phi) is 4.27. The van der Waals surface area contributed by atoms with Crippen molar-refractivity contribution >= 4 is 5.69 Å². The summed E-state index contributed by atoms with van der Waals surface area (Å²) in [4.78, 5) is 0. The largest absolute Gasteiger partial charge is 0.376 e. The third-order valence-electron chi connectivity index (χ3n) is 3.01. The Morgan fingerprint density at radius 1 is 0.850 bits per heavy atom. The van der Waals surface area contributed by atoms with Gasteiger partial charge in [0.25, 0.3) is 0 Å². The molecule has 0 saturated heterocycles. The van der Waals surface area contributed by atoms with Crippen LogP contribution in [0, 0.1) is 23.3 Å². The van der Waals surface area contributed by atoms with E-state index in [9.17, 15) is 17.6 Å². The van der Waals surface area contributed by atoms with Gasteiger partial charge < -0.3 is 5.32 Å². The molecule has 0 aliphatic rings. The molecule has 2 rings (SSSR count). The van der Waals surface area contributed by atoms with E-state index in [1.54, 1.807) is 12.1 Å². The van der Waals surface area contributed by atoms with E-state index in [0.29, 0.717) is 0 Å². The Labute approximate surface area is 114 Å². The van der Waals surface area contributed by atoms with E-state index in [-0.39, 0.29) is 12.6 Å². The van der Waals surface area contributed by atoms with Crippen molar-refractivity contribution in [1.82, 2.24) is 0 Å². The van der Waals surface area contributed by atoms with Crippen LogP contribution in [0.25, 0.3) is 0 Å². The minimum atomic E-state index is -1.42. The minimum absolute atomic E-state index is 0.0702. The van der Waals surface area contributed by atoms with Crippen molar-refractivity contribution in [3.8, 4) is 0 Å². The molecule has 0 radical (unpaired) electrons. The van der Waals surface area contributed by atoms with E-state index in [1.165, 1.54) is 0 Å². The number of hydrogen-bond acceptors (Lipinski definition) is 1. The molecule has 0 aliphatic carbocycles. The monoisotopic (exact) mass is 283 g/mol. The molecule has 5 heteroatoms. The van der Waals surface area contributed by atoms with E-state index in [4.69, 9.17) is 0 Å². The fourth-order valence-corrected chi connectivity index (χ4v) is 1.81. The first-order chi connectivity index (χ1) is 9.52. The van der Waals surface area contributed by atoms with Gasteiger partial charge >= 0.3 is 0 Å². The first-order valence-electron chi connectivity index (χ1n) is 6.17. The predicted molar refractivity (Wildman–Crippen MR) is 69.4 cm³/mol. The van der Waals surface area contributed by atoms with Gasteiger partial charge in [-0.15, -0.1) is 0 Å². The maximum absolute atomic E-state index is 13.4. The SMILES string of the molecule is CCc1ccc(CNc2c(F)c(F)cc(F)c2F)cc1. The van der Waals surface area contributed by atoms with Crippen LogP contribution in [0.1, 0.15) is 18.1 Å². The lowest BCUT2D eigenvalue weighted by molar-refractivity contribution is 0.458. The van der Waals surface area contributed by atoms with E-state index in [2.05, 4.69) is 5.32 Å². The van der Waals surface area contributed by atoms with E-state index in [0.717, 1.165) is 17.5 Å². The quantitative estimate of drug-likeness (QED) is 0.647. The van der Waals surface area contributed by atoms with Crippen molar-refractivity contribution < 1.29 is 17.6 Å². The summed E-state index contributed by atoms with van der Waals surface area (Å²) in [6, 6.07) is 7.53. The summed E-state index contributed by atoms with van der Waals surface area (Å²) in [7, 11) is 0.